The molecule has 8 heteroatoms. The fourth-order valence-electron chi connectivity index (χ4n) is 5.20. The Hall–Kier alpha value is -3.65. The molecule has 3 aromatic rings. The lowest BCUT2D eigenvalue weighted by Gasteiger charge is -2.34. The number of hydrogen-bond acceptors (Lipinski definition) is 4. The minimum absolute atomic E-state index is 0.103. The van der Waals surface area contributed by atoms with E-state index in [-0.39, 0.29) is 23.4 Å². The Bertz CT molecular complexity index is 1360. The molecule has 1 atom stereocenters. The van der Waals surface area contributed by atoms with Gasteiger partial charge in [0.15, 0.2) is 0 Å². The Balaban J connectivity index is 1.67. The first-order chi connectivity index (χ1) is 19.3. The van der Waals surface area contributed by atoms with Gasteiger partial charge in [-0.15, -0.1) is 0 Å². The van der Waals surface area contributed by atoms with Crippen LogP contribution in [0.1, 0.15) is 56.6 Å². The highest BCUT2D eigenvalue weighted by atomic mass is 32.2. The minimum atomic E-state index is -4.06. The topological polar surface area (TPSA) is 86.8 Å². The maximum atomic E-state index is 14.1. The van der Waals surface area contributed by atoms with Crippen molar-refractivity contribution in [2.24, 2.45) is 0 Å². The Labute approximate surface area is 238 Å². The molecule has 212 valence electrons. The van der Waals surface area contributed by atoms with E-state index in [4.69, 9.17) is 0 Å². The van der Waals surface area contributed by atoms with E-state index in [1.54, 1.807) is 54.6 Å². The number of aryl methyl sites for hydroxylation is 1. The number of para-hydroxylation sites is 1. The van der Waals surface area contributed by atoms with Crippen LogP contribution >= 0.6 is 0 Å². The number of hydrogen-bond donors (Lipinski definition) is 1. The van der Waals surface area contributed by atoms with Crippen LogP contribution in [0.25, 0.3) is 0 Å². The van der Waals surface area contributed by atoms with Gasteiger partial charge in [0.25, 0.3) is 10.0 Å². The van der Waals surface area contributed by atoms with Crippen LogP contribution in [-0.2, 0) is 26.2 Å². The van der Waals surface area contributed by atoms with Gasteiger partial charge in [-0.2, -0.15) is 0 Å². The normalized spacial score (nSPS) is 14.8. The van der Waals surface area contributed by atoms with Crippen molar-refractivity contribution >= 4 is 27.5 Å². The van der Waals surface area contributed by atoms with E-state index in [0.29, 0.717) is 12.1 Å². The summed E-state index contributed by atoms with van der Waals surface area (Å²) in [6, 6.07) is 24.1. The molecule has 2 amide bonds. The van der Waals surface area contributed by atoms with Crippen molar-refractivity contribution in [1.29, 1.82) is 0 Å². The third-order valence-electron chi connectivity index (χ3n) is 7.47. The molecule has 40 heavy (non-hydrogen) atoms. The van der Waals surface area contributed by atoms with E-state index < -0.39 is 28.5 Å². The molecule has 7 nitrogen and oxygen atoms in total. The molecule has 0 aliphatic heterocycles. The molecule has 1 unspecified atom stereocenters. The van der Waals surface area contributed by atoms with Crippen molar-refractivity contribution in [3.8, 4) is 0 Å². The average molecular weight is 562 g/mol. The number of nitrogens with zero attached hydrogens (tertiary/aromatic N) is 2. The third kappa shape index (κ3) is 7.30. The largest absolute Gasteiger partial charge is 0.352 e. The average Bonchev–Trinajstić information content (AvgIpc) is 2.97. The lowest BCUT2D eigenvalue weighted by Crippen LogP contribution is -2.54. The van der Waals surface area contributed by atoms with Gasteiger partial charge in [0.1, 0.15) is 12.6 Å². The first kappa shape index (κ1) is 29.3. The highest BCUT2D eigenvalue weighted by Gasteiger charge is 2.34. The Morgan fingerprint density at radius 2 is 1.48 bits per heavy atom. The molecular formula is C32H39N3O4S. The molecule has 0 radical (unpaired) electrons. The van der Waals surface area contributed by atoms with Crippen LogP contribution in [0.2, 0.25) is 0 Å². The standard InChI is InChI=1S/C32H39N3O4S/c1-3-30(32(37)33-27-15-9-5-10-16-27)34(23-26-13-7-4-8-14-26)31(36)24-35(28-17-11-6-12-18-28)40(38,39)29-21-19-25(2)20-22-29/h4,6-8,11-14,17-22,27,30H,3,5,9-10,15-16,23-24H2,1-2H3,(H,33,37). The molecule has 1 aliphatic carbocycles. The second kappa shape index (κ2) is 13.6. The third-order valence-corrected chi connectivity index (χ3v) is 9.25. The van der Waals surface area contributed by atoms with Crippen molar-refractivity contribution in [1.82, 2.24) is 10.2 Å². The predicted octanol–water partition coefficient (Wildman–Crippen LogP) is 5.45. The fourth-order valence-corrected chi connectivity index (χ4v) is 6.62. The molecule has 1 N–H and O–H groups in total. The molecular weight excluding hydrogens is 522 g/mol. The fraction of sp³-hybridized carbons (Fsp3) is 0.375. The van der Waals surface area contributed by atoms with Gasteiger partial charge < -0.3 is 10.2 Å². The van der Waals surface area contributed by atoms with E-state index in [1.165, 1.54) is 11.3 Å². The van der Waals surface area contributed by atoms with Gasteiger partial charge in [-0.3, -0.25) is 13.9 Å². The lowest BCUT2D eigenvalue weighted by molar-refractivity contribution is -0.140. The van der Waals surface area contributed by atoms with Gasteiger partial charge in [-0.1, -0.05) is 92.4 Å². The van der Waals surface area contributed by atoms with Crippen LogP contribution in [0.5, 0.6) is 0 Å². The zero-order valence-electron chi connectivity index (χ0n) is 23.3. The summed E-state index contributed by atoms with van der Waals surface area (Å²) in [4.78, 5) is 29.3. The first-order valence-corrected chi connectivity index (χ1v) is 15.5. The van der Waals surface area contributed by atoms with Crippen molar-refractivity contribution in [2.75, 3.05) is 10.8 Å². The molecule has 0 heterocycles. The second-order valence-corrected chi connectivity index (χ2v) is 12.3. The highest BCUT2D eigenvalue weighted by molar-refractivity contribution is 7.92. The van der Waals surface area contributed by atoms with Crippen LogP contribution in [-0.4, -0.2) is 43.8 Å². The van der Waals surface area contributed by atoms with Crippen LogP contribution in [0.15, 0.2) is 89.8 Å². The predicted molar refractivity (Wildman–Crippen MR) is 158 cm³/mol. The molecule has 1 saturated carbocycles. The number of carbonyl (C=O) groups excluding carboxylic acids is 2. The molecule has 0 bridgehead atoms. The number of nitrogens with one attached hydrogen (secondary N) is 1. The summed E-state index contributed by atoms with van der Waals surface area (Å²) < 4.78 is 28.9. The number of anilines is 1. The van der Waals surface area contributed by atoms with E-state index in [2.05, 4.69) is 5.32 Å². The van der Waals surface area contributed by atoms with Crippen LogP contribution < -0.4 is 9.62 Å². The van der Waals surface area contributed by atoms with Gasteiger partial charge in [-0.05, 0) is 56.0 Å². The van der Waals surface area contributed by atoms with E-state index in [0.717, 1.165) is 41.1 Å². The van der Waals surface area contributed by atoms with Crippen molar-refractivity contribution in [2.45, 2.75) is 75.9 Å². The molecule has 0 spiro atoms. The van der Waals surface area contributed by atoms with Crippen molar-refractivity contribution in [3.05, 3.63) is 96.1 Å². The SMILES string of the molecule is CCC(C(=O)NC1CCCCC1)N(Cc1ccccc1)C(=O)CN(c1ccccc1)S(=O)(=O)c1ccc(C)cc1. The quantitative estimate of drug-likeness (QED) is 0.338. The summed E-state index contributed by atoms with van der Waals surface area (Å²) in [6.07, 6.45) is 5.62. The lowest BCUT2D eigenvalue weighted by atomic mass is 9.95. The second-order valence-electron chi connectivity index (χ2n) is 10.4. The zero-order valence-corrected chi connectivity index (χ0v) is 24.1. The first-order valence-electron chi connectivity index (χ1n) is 14.1. The molecule has 1 aliphatic rings. The van der Waals surface area contributed by atoms with Gasteiger partial charge in [0, 0.05) is 12.6 Å². The zero-order chi connectivity index (χ0) is 28.5. The summed E-state index contributed by atoms with van der Waals surface area (Å²) in [5.41, 5.74) is 2.19. The number of rotatable bonds is 11. The Morgan fingerprint density at radius 3 is 2.08 bits per heavy atom. The van der Waals surface area contributed by atoms with Crippen molar-refractivity contribution < 1.29 is 18.0 Å². The summed E-state index contributed by atoms with van der Waals surface area (Å²) in [5.74, 6) is -0.625. The van der Waals surface area contributed by atoms with Gasteiger partial charge >= 0.3 is 0 Å². The number of benzene rings is 3. The number of sulfonamides is 1. The maximum Gasteiger partial charge on any atom is 0.264 e. The summed E-state index contributed by atoms with van der Waals surface area (Å²) in [7, 11) is -4.06. The summed E-state index contributed by atoms with van der Waals surface area (Å²) >= 11 is 0. The molecule has 4 rings (SSSR count). The smallest absolute Gasteiger partial charge is 0.264 e. The maximum absolute atomic E-state index is 14.1. The van der Waals surface area contributed by atoms with Gasteiger partial charge in [0.2, 0.25) is 11.8 Å². The molecule has 0 aromatic heterocycles. The van der Waals surface area contributed by atoms with Crippen LogP contribution in [0.4, 0.5) is 5.69 Å². The number of carbonyl (C=O) groups is 2. The molecule has 0 saturated heterocycles. The monoisotopic (exact) mass is 561 g/mol. The summed E-state index contributed by atoms with van der Waals surface area (Å²) in [5, 5.41) is 3.17. The van der Waals surface area contributed by atoms with Crippen molar-refractivity contribution in [3.63, 3.8) is 0 Å². The highest BCUT2D eigenvalue weighted by Crippen LogP contribution is 2.25. The minimum Gasteiger partial charge on any atom is -0.352 e. The Morgan fingerprint density at radius 1 is 0.875 bits per heavy atom. The molecule has 3 aromatic carbocycles. The number of amides is 2. The summed E-state index contributed by atoms with van der Waals surface area (Å²) in [6.45, 7) is 3.54. The van der Waals surface area contributed by atoms with E-state index in [1.807, 2.05) is 44.2 Å². The molecule has 1 fully saturated rings. The van der Waals surface area contributed by atoms with Gasteiger partial charge in [0.05, 0.1) is 10.6 Å². The Kier molecular flexibility index (Phi) is 9.98. The van der Waals surface area contributed by atoms with Crippen LogP contribution in [0.3, 0.4) is 0 Å². The van der Waals surface area contributed by atoms with E-state index in [9.17, 15) is 18.0 Å². The van der Waals surface area contributed by atoms with E-state index >= 15 is 0 Å². The van der Waals surface area contributed by atoms with Gasteiger partial charge in [-0.25, -0.2) is 8.42 Å². The van der Waals surface area contributed by atoms with Crippen LogP contribution in [0, 0.1) is 6.92 Å².